The molecule has 0 unspecified atom stereocenters. The highest BCUT2D eigenvalue weighted by Gasteiger charge is 2.04. The minimum atomic E-state index is 0.857. The van der Waals surface area contributed by atoms with Gasteiger partial charge in [-0.15, -0.1) is 11.8 Å². The zero-order valence-corrected chi connectivity index (χ0v) is 8.05. The zero-order valence-electron chi connectivity index (χ0n) is 7.23. The third-order valence-electron chi connectivity index (χ3n) is 1.94. The number of thioether (sulfide) groups is 1. The van der Waals surface area contributed by atoms with Crippen molar-refractivity contribution in [3.8, 4) is 0 Å². The molecule has 2 rings (SSSR count). The molecule has 0 spiro atoms. The first-order chi connectivity index (χ1) is 6.36. The molecule has 13 heavy (non-hydrogen) atoms. The Hall–Kier alpha value is -1.15. The van der Waals surface area contributed by atoms with Crippen molar-refractivity contribution in [3.05, 3.63) is 53.1 Å². The van der Waals surface area contributed by atoms with Crippen LogP contribution >= 0.6 is 11.8 Å². The van der Waals surface area contributed by atoms with Gasteiger partial charge in [-0.2, -0.15) is 0 Å². The maximum atomic E-state index is 5.73. The summed E-state index contributed by atoms with van der Waals surface area (Å²) in [5, 5.41) is 1.99. The summed E-state index contributed by atoms with van der Waals surface area (Å²) in [5.41, 5.74) is 9.16. The largest absolute Gasteiger partial charge is 0.398 e. The first kappa shape index (κ1) is 8.45. The lowest BCUT2D eigenvalue weighted by Gasteiger charge is -2.10. The first-order valence-electron chi connectivity index (χ1n) is 4.19. The molecule has 0 amide bonds. The van der Waals surface area contributed by atoms with Crippen LogP contribution in [0.25, 0.3) is 5.57 Å². The fourth-order valence-corrected chi connectivity index (χ4v) is 2.10. The van der Waals surface area contributed by atoms with E-state index in [1.807, 2.05) is 17.6 Å². The van der Waals surface area contributed by atoms with E-state index in [1.165, 1.54) is 11.1 Å². The van der Waals surface area contributed by atoms with Gasteiger partial charge in [0.05, 0.1) is 0 Å². The highest BCUT2D eigenvalue weighted by Crippen LogP contribution is 2.25. The van der Waals surface area contributed by atoms with Crippen LogP contribution in [0.2, 0.25) is 0 Å². The molecule has 1 heterocycles. The number of allylic oxidation sites excluding steroid dienone is 1. The van der Waals surface area contributed by atoms with E-state index in [1.54, 1.807) is 11.8 Å². The summed E-state index contributed by atoms with van der Waals surface area (Å²) in [6.07, 6.45) is 2.05. The Morgan fingerprint density at radius 1 is 1.15 bits per heavy atom. The Bertz CT molecular complexity index is 352. The van der Waals surface area contributed by atoms with Crippen LogP contribution in [0.4, 0.5) is 0 Å². The van der Waals surface area contributed by atoms with Crippen molar-refractivity contribution in [2.24, 2.45) is 5.73 Å². The van der Waals surface area contributed by atoms with E-state index < -0.39 is 0 Å². The van der Waals surface area contributed by atoms with Gasteiger partial charge in [-0.3, -0.25) is 0 Å². The van der Waals surface area contributed by atoms with Crippen molar-refractivity contribution >= 4 is 17.3 Å². The van der Waals surface area contributed by atoms with Crippen LogP contribution in [-0.2, 0) is 0 Å². The highest BCUT2D eigenvalue weighted by molar-refractivity contribution is 8.02. The Balaban J connectivity index is 2.32. The van der Waals surface area contributed by atoms with E-state index in [0.717, 1.165) is 11.4 Å². The fraction of sp³-hybridized carbons (Fsp3) is 0.0909. The topological polar surface area (TPSA) is 26.0 Å². The number of benzene rings is 1. The van der Waals surface area contributed by atoms with Gasteiger partial charge in [-0.25, -0.2) is 0 Å². The molecule has 1 nitrogen and oxygen atoms in total. The summed E-state index contributed by atoms with van der Waals surface area (Å²) in [7, 11) is 0. The monoisotopic (exact) mass is 189 g/mol. The van der Waals surface area contributed by atoms with Crippen molar-refractivity contribution in [2.75, 3.05) is 5.75 Å². The Morgan fingerprint density at radius 3 is 2.62 bits per heavy atom. The molecule has 2 heteroatoms. The maximum absolute atomic E-state index is 5.73. The second kappa shape index (κ2) is 3.71. The standard InChI is InChI=1S/C11H11NS/c12-11-6-10(7-13-8-11)9-4-2-1-3-5-9/h1-6,8H,7,12H2. The second-order valence-corrected chi connectivity index (χ2v) is 3.82. The molecular formula is C11H11NS. The van der Waals surface area contributed by atoms with Crippen molar-refractivity contribution < 1.29 is 0 Å². The lowest BCUT2D eigenvalue weighted by molar-refractivity contribution is 1.42. The van der Waals surface area contributed by atoms with Crippen LogP contribution in [0, 0.1) is 0 Å². The molecule has 2 N–H and O–H groups in total. The fourth-order valence-electron chi connectivity index (χ4n) is 1.32. The predicted molar refractivity (Wildman–Crippen MR) is 59.1 cm³/mol. The van der Waals surface area contributed by atoms with Gasteiger partial charge >= 0.3 is 0 Å². The molecule has 0 atom stereocenters. The number of rotatable bonds is 1. The van der Waals surface area contributed by atoms with E-state index in [9.17, 15) is 0 Å². The third-order valence-corrected chi connectivity index (χ3v) is 2.86. The van der Waals surface area contributed by atoms with E-state index in [2.05, 4.69) is 24.3 Å². The van der Waals surface area contributed by atoms with E-state index in [4.69, 9.17) is 5.73 Å². The van der Waals surface area contributed by atoms with Gasteiger partial charge in [0.1, 0.15) is 0 Å². The lowest BCUT2D eigenvalue weighted by atomic mass is 10.1. The van der Waals surface area contributed by atoms with Gasteiger partial charge < -0.3 is 5.73 Å². The maximum Gasteiger partial charge on any atom is 0.0381 e. The molecule has 0 radical (unpaired) electrons. The molecule has 1 aromatic carbocycles. The third kappa shape index (κ3) is 1.95. The lowest BCUT2D eigenvalue weighted by Crippen LogP contribution is -1.99. The molecule has 0 fully saturated rings. The van der Waals surface area contributed by atoms with Crippen LogP contribution in [0.5, 0.6) is 0 Å². The molecule has 1 aliphatic heterocycles. The molecule has 1 aromatic rings. The predicted octanol–water partition coefficient (Wildman–Crippen LogP) is 2.62. The SMILES string of the molecule is NC1=CSCC(c2ccccc2)=C1. The van der Waals surface area contributed by atoms with Gasteiger partial charge in [0, 0.05) is 11.4 Å². The normalized spacial score (nSPS) is 16.3. The molecule has 66 valence electrons. The quantitative estimate of drug-likeness (QED) is 0.735. The number of hydrogen-bond acceptors (Lipinski definition) is 2. The summed E-state index contributed by atoms with van der Waals surface area (Å²) in [5.74, 6) is 1.02. The smallest absolute Gasteiger partial charge is 0.0381 e. The first-order valence-corrected chi connectivity index (χ1v) is 5.24. The summed E-state index contributed by atoms with van der Waals surface area (Å²) in [4.78, 5) is 0. The molecular weight excluding hydrogens is 178 g/mol. The average molecular weight is 189 g/mol. The average Bonchev–Trinajstić information content (AvgIpc) is 2.19. The minimum Gasteiger partial charge on any atom is -0.398 e. The Labute approximate surface area is 82.3 Å². The molecule has 0 aliphatic carbocycles. The summed E-state index contributed by atoms with van der Waals surface area (Å²) < 4.78 is 0. The van der Waals surface area contributed by atoms with Gasteiger partial charge in [0.2, 0.25) is 0 Å². The zero-order chi connectivity index (χ0) is 9.10. The van der Waals surface area contributed by atoms with Crippen LogP contribution in [0.15, 0.2) is 47.5 Å². The highest BCUT2D eigenvalue weighted by atomic mass is 32.2. The van der Waals surface area contributed by atoms with Gasteiger partial charge in [-0.05, 0) is 22.6 Å². The number of hydrogen-bond donors (Lipinski definition) is 1. The van der Waals surface area contributed by atoms with Crippen LogP contribution in [0.3, 0.4) is 0 Å². The summed E-state index contributed by atoms with van der Waals surface area (Å²) in [6, 6.07) is 10.4. The summed E-state index contributed by atoms with van der Waals surface area (Å²) >= 11 is 1.75. The van der Waals surface area contributed by atoms with Gasteiger partial charge in [0.15, 0.2) is 0 Å². The Kier molecular flexibility index (Phi) is 2.41. The van der Waals surface area contributed by atoms with Gasteiger partial charge in [-0.1, -0.05) is 30.3 Å². The molecule has 0 saturated carbocycles. The summed E-state index contributed by atoms with van der Waals surface area (Å²) in [6.45, 7) is 0. The van der Waals surface area contributed by atoms with Crippen molar-refractivity contribution in [2.45, 2.75) is 0 Å². The number of nitrogens with two attached hydrogens (primary N) is 1. The van der Waals surface area contributed by atoms with Crippen LogP contribution < -0.4 is 5.73 Å². The van der Waals surface area contributed by atoms with Crippen molar-refractivity contribution in [1.82, 2.24) is 0 Å². The van der Waals surface area contributed by atoms with E-state index in [0.29, 0.717) is 0 Å². The molecule has 0 bridgehead atoms. The van der Waals surface area contributed by atoms with Crippen LogP contribution in [-0.4, -0.2) is 5.75 Å². The van der Waals surface area contributed by atoms with E-state index >= 15 is 0 Å². The van der Waals surface area contributed by atoms with Crippen molar-refractivity contribution in [3.63, 3.8) is 0 Å². The molecule has 1 aliphatic rings. The van der Waals surface area contributed by atoms with E-state index in [-0.39, 0.29) is 0 Å². The van der Waals surface area contributed by atoms with Gasteiger partial charge in [0.25, 0.3) is 0 Å². The van der Waals surface area contributed by atoms with Crippen molar-refractivity contribution in [1.29, 1.82) is 0 Å². The second-order valence-electron chi connectivity index (χ2n) is 2.96. The molecule has 0 aromatic heterocycles. The Morgan fingerprint density at radius 2 is 1.92 bits per heavy atom. The molecule has 0 saturated heterocycles. The minimum absolute atomic E-state index is 0.857. The van der Waals surface area contributed by atoms with Crippen LogP contribution in [0.1, 0.15) is 5.56 Å².